The summed E-state index contributed by atoms with van der Waals surface area (Å²) in [6.45, 7) is 6.79. The van der Waals surface area contributed by atoms with Crippen LogP contribution < -0.4 is 4.74 Å². The maximum atomic E-state index is 16.2. The van der Waals surface area contributed by atoms with Crippen molar-refractivity contribution in [1.82, 2.24) is 13.9 Å². The molecule has 0 aliphatic carbocycles. The predicted octanol–water partition coefficient (Wildman–Crippen LogP) is 5.03. The largest absolute Gasteiger partial charge is 0.486 e. The molecule has 1 aromatic heterocycles. The SMILES string of the molecule is Cc1cc(-c2nc3ccc(S(=O)(=O)N(C)C)cc3n2C2(C)COC2)c(F)c(OCc2ccccc2)c1C. The number of hydrogen-bond donors (Lipinski definition) is 0. The molecular formula is C28H30FN3O4S. The Kier molecular flexibility index (Phi) is 6.34. The summed E-state index contributed by atoms with van der Waals surface area (Å²) in [4.78, 5) is 4.94. The summed E-state index contributed by atoms with van der Waals surface area (Å²) < 4.78 is 56.5. The van der Waals surface area contributed by atoms with Gasteiger partial charge in [-0.25, -0.2) is 22.1 Å². The van der Waals surface area contributed by atoms with Crippen molar-refractivity contribution in [2.75, 3.05) is 27.3 Å². The summed E-state index contributed by atoms with van der Waals surface area (Å²) >= 11 is 0. The van der Waals surface area contributed by atoms with Crippen molar-refractivity contribution >= 4 is 21.1 Å². The Morgan fingerprint density at radius 2 is 1.81 bits per heavy atom. The number of halogens is 1. The smallest absolute Gasteiger partial charge is 0.242 e. The molecule has 2 heterocycles. The Morgan fingerprint density at radius 1 is 1.11 bits per heavy atom. The normalized spacial score (nSPS) is 15.2. The van der Waals surface area contributed by atoms with E-state index in [1.54, 1.807) is 18.2 Å². The van der Waals surface area contributed by atoms with Crippen molar-refractivity contribution in [3.05, 3.63) is 77.1 Å². The first-order chi connectivity index (χ1) is 17.5. The third-order valence-corrected chi connectivity index (χ3v) is 8.78. The van der Waals surface area contributed by atoms with Gasteiger partial charge in [-0.05, 0) is 61.7 Å². The van der Waals surface area contributed by atoms with Gasteiger partial charge in [-0.1, -0.05) is 30.3 Å². The molecule has 0 atom stereocenters. The standard InChI is InChI=1S/C28H30FN3O4S/c1-18-13-22(25(29)26(19(18)2)36-15-20-9-7-6-8-10-20)27-30-23-12-11-21(37(33,34)31(4)5)14-24(23)32(27)28(3)16-35-17-28/h6-14H,15-17H2,1-5H3. The molecule has 0 spiro atoms. The minimum atomic E-state index is -3.67. The first-order valence-corrected chi connectivity index (χ1v) is 13.5. The van der Waals surface area contributed by atoms with E-state index in [9.17, 15) is 8.42 Å². The third-order valence-electron chi connectivity index (χ3n) is 6.97. The lowest BCUT2D eigenvalue weighted by atomic mass is 9.98. The molecule has 1 fully saturated rings. The summed E-state index contributed by atoms with van der Waals surface area (Å²) in [6.07, 6.45) is 0. The molecule has 0 saturated carbocycles. The van der Waals surface area contributed by atoms with E-state index in [2.05, 4.69) is 0 Å². The summed E-state index contributed by atoms with van der Waals surface area (Å²) in [7, 11) is -0.687. The molecule has 0 amide bonds. The van der Waals surface area contributed by atoms with Gasteiger partial charge >= 0.3 is 0 Å². The number of imidazole rings is 1. The second-order valence-electron chi connectivity index (χ2n) is 9.98. The minimum Gasteiger partial charge on any atom is -0.486 e. The van der Waals surface area contributed by atoms with Crippen LogP contribution >= 0.6 is 0 Å². The first-order valence-electron chi connectivity index (χ1n) is 12.0. The van der Waals surface area contributed by atoms with E-state index >= 15 is 4.39 Å². The van der Waals surface area contributed by atoms with Gasteiger partial charge in [0.15, 0.2) is 11.6 Å². The van der Waals surface area contributed by atoms with E-state index in [1.165, 1.54) is 24.5 Å². The third kappa shape index (κ3) is 4.31. The molecule has 1 saturated heterocycles. The molecule has 37 heavy (non-hydrogen) atoms. The molecule has 4 aromatic rings. The van der Waals surface area contributed by atoms with Crippen molar-refractivity contribution in [2.24, 2.45) is 0 Å². The second-order valence-corrected chi connectivity index (χ2v) is 12.1. The fourth-order valence-electron chi connectivity index (χ4n) is 4.60. The molecule has 0 unspecified atom stereocenters. The van der Waals surface area contributed by atoms with E-state index in [1.807, 2.05) is 55.7 Å². The molecule has 7 nitrogen and oxygen atoms in total. The number of aromatic nitrogens is 2. The van der Waals surface area contributed by atoms with Gasteiger partial charge in [0.05, 0.1) is 40.2 Å². The van der Waals surface area contributed by atoms with E-state index in [0.29, 0.717) is 35.6 Å². The number of nitrogens with zero attached hydrogens (tertiary/aromatic N) is 3. The fraction of sp³-hybridized carbons (Fsp3) is 0.321. The summed E-state index contributed by atoms with van der Waals surface area (Å²) in [5.41, 5.74) is 3.48. The van der Waals surface area contributed by atoms with Crippen molar-refractivity contribution in [2.45, 2.75) is 37.8 Å². The number of rotatable bonds is 7. The zero-order valence-electron chi connectivity index (χ0n) is 21.6. The Labute approximate surface area is 216 Å². The topological polar surface area (TPSA) is 73.7 Å². The van der Waals surface area contributed by atoms with Crippen LogP contribution in [0.15, 0.2) is 59.5 Å². The molecule has 0 bridgehead atoms. The van der Waals surface area contributed by atoms with Gasteiger partial charge in [0.2, 0.25) is 10.0 Å². The minimum absolute atomic E-state index is 0.147. The number of ether oxygens (including phenoxy) is 2. The van der Waals surface area contributed by atoms with Gasteiger partial charge in [-0.3, -0.25) is 0 Å². The van der Waals surface area contributed by atoms with Gasteiger partial charge in [0.25, 0.3) is 0 Å². The van der Waals surface area contributed by atoms with Crippen LogP contribution in [0.2, 0.25) is 0 Å². The molecule has 0 radical (unpaired) electrons. The van der Waals surface area contributed by atoms with Crippen molar-refractivity contribution in [1.29, 1.82) is 0 Å². The molecular weight excluding hydrogens is 493 g/mol. The average Bonchev–Trinajstić information content (AvgIpc) is 3.24. The van der Waals surface area contributed by atoms with Gasteiger partial charge in [-0.15, -0.1) is 0 Å². The maximum absolute atomic E-state index is 16.2. The molecule has 1 aliphatic rings. The summed E-state index contributed by atoms with van der Waals surface area (Å²) in [6, 6.07) is 16.2. The number of sulfonamides is 1. The maximum Gasteiger partial charge on any atom is 0.242 e. The number of fused-ring (bicyclic) bond motifs is 1. The number of benzene rings is 3. The first kappa shape index (κ1) is 25.4. The van der Waals surface area contributed by atoms with Crippen molar-refractivity contribution in [3.63, 3.8) is 0 Å². The van der Waals surface area contributed by atoms with Gasteiger partial charge < -0.3 is 14.0 Å². The molecule has 3 aromatic carbocycles. The van der Waals surface area contributed by atoms with Crippen LogP contribution in [0.4, 0.5) is 4.39 Å². The highest BCUT2D eigenvalue weighted by Gasteiger charge is 2.39. The van der Waals surface area contributed by atoms with Crippen LogP contribution in [0.5, 0.6) is 5.75 Å². The van der Waals surface area contributed by atoms with Crippen LogP contribution in [0.3, 0.4) is 0 Å². The second kappa shape index (κ2) is 9.24. The lowest BCUT2D eigenvalue weighted by Crippen LogP contribution is -2.49. The predicted molar refractivity (Wildman–Crippen MR) is 141 cm³/mol. The zero-order chi connectivity index (χ0) is 26.5. The van der Waals surface area contributed by atoms with E-state index in [4.69, 9.17) is 14.5 Å². The van der Waals surface area contributed by atoms with Crippen LogP contribution in [-0.4, -0.2) is 49.6 Å². The van der Waals surface area contributed by atoms with Crippen LogP contribution in [0, 0.1) is 19.7 Å². The molecule has 5 rings (SSSR count). The lowest BCUT2D eigenvalue weighted by molar-refractivity contribution is -0.0868. The molecule has 9 heteroatoms. The number of hydrogen-bond acceptors (Lipinski definition) is 5. The van der Waals surface area contributed by atoms with Crippen LogP contribution in [-0.2, 0) is 26.9 Å². The number of aryl methyl sites for hydroxylation is 1. The Morgan fingerprint density at radius 3 is 2.43 bits per heavy atom. The lowest BCUT2D eigenvalue weighted by Gasteiger charge is -2.41. The molecule has 194 valence electrons. The highest BCUT2D eigenvalue weighted by molar-refractivity contribution is 7.89. The van der Waals surface area contributed by atoms with Crippen molar-refractivity contribution in [3.8, 4) is 17.1 Å². The molecule has 1 aliphatic heterocycles. The van der Waals surface area contributed by atoms with E-state index < -0.39 is 21.4 Å². The van der Waals surface area contributed by atoms with Crippen molar-refractivity contribution < 1.29 is 22.3 Å². The van der Waals surface area contributed by atoms with Gasteiger partial charge in [-0.2, -0.15) is 0 Å². The Balaban J connectivity index is 1.70. The van der Waals surface area contributed by atoms with E-state index in [-0.39, 0.29) is 17.3 Å². The van der Waals surface area contributed by atoms with E-state index in [0.717, 1.165) is 16.7 Å². The highest BCUT2D eigenvalue weighted by atomic mass is 32.2. The molecule has 0 N–H and O–H groups in total. The average molecular weight is 524 g/mol. The Hall–Kier alpha value is -3.27. The Bertz CT molecular complexity index is 1590. The summed E-state index contributed by atoms with van der Waals surface area (Å²) in [5, 5.41) is 0. The monoisotopic (exact) mass is 523 g/mol. The van der Waals surface area contributed by atoms with Crippen LogP contribution in [0.1, 0.15) is 23.6 Å². The quantitative estimate of drug-likeness (QED) is 0.340. The highest BCUT2D eigenvalue weighted by Crippen LogP contribution is 2.40. The summed E-state index contributed by atoms with van der Waals surface area (Å²) in [5.74, 6) is 0.0919. The van der Waals surface area contributed by atoms with Gasteiger partial charge in [0.1, 0.15) is 12.4 Å². The van der Waals surface area contributed by atoms with Gasteiger partial charge in [0, 0.05) is 14.1 Å². The van der Waals surface area contributed by atoms with Crippen LogP contribution in [0.25, 0.3) is 22.4 Å². The zero-order valence-corrected chi connectivity index (χ0v) is 22.4. The fourth-order valence-corrected chi connectivity index (χ4v) is 5.52.